The maximum Gasteiger partial charge on any atom is 0.260 e. The van der Waals surface area contributed by atoms with E-state index in [2.05, 4.69) is 4.98 Å². The molecule has 2 aromatic rings. The number of halogens is 1. The van der Waals surface area contributed by atoms with E-state index in [1.807, 2.05) is 18.2 Å². The van der Waals surface area contributed by atoms with Crippen molar-refractivity contribution < 1.29 is 13.9 Å². The molecule has 1 heterocycles. The van der Waals surface area contributed by atoms with Gasteiger partial charge in [0.15, 0.2) is 6.61 Å². The molecule has 0 N–H and O–H groups in total. The maximum atomic E-state index is 13.0. The molecule has 5 heteroatoms. The van der Waals surface area contributed by atoms with E-state index in [9.17, 15) is 9.18 Å². The van der Waals surface area contributed by atoms with E-state index in [0.717, 1.165) is 5.69 Å². The number of hydrogen-bond donors (Lipinski definition) is 0. The molecule has 1 aromatic carbocycles. The Kier molecular flexibility index (Phi) is 4.65. The molecule has 0 spiro atoms. The molecule has 20 heavy (non-hydrogen) atoms. The summed E-state index contributed by atoms with van der Waals surface area (Å²) in [6.07, 6.45) is 1.68. The summed E-state index contributed by atoms with van der Waals surface area (Å²) in [6, 6.07) is 11.2. The van der Waals surface area contributed by atoms with Crippen molar-refractivity contribution in [2.24, 2.45) is 0 Å². The van der Waals surface area contributed by atoms with Gasteiger partial charge in [-0.15, -0.1) is 0 Å². The first-order valence-electron chi connectivity index (χ1n) is 6.17. The number of hydrogen-bond acceptors (Lipinski definition) is 3. The number of pyridine rings is 1. The monoisotopic (exact) mass is 274 g/mol. The van der Waals surface area contributed by atoms with Crippen LogP contribution in [0.15, 0.2) is 48.7 Å². The van der Waals surface area contributed by atoms with Crippen molar-refractivity contribution >= 4 is 5.91 Å². The molecule has 0 bridgehead atoms. The summed E-state index contributed by atoms with van der Waals surface area (Å²) in [5, 5.41) is 0. The van der Waals surface area contributed by atoms with Gasteiger partial charge in [-0.3, -0.25) is 9.78 Å². The Labute approximate surface area is 116 Å². The molecule has 0 saturated heterocycles. The van der Waals surface area contributed by atoms with E-state index >= 15 is 0 Å². The number of benzene rings is 1. The largest absolute Gasteiger partial charge is 0.484 e. The lowest BCUT2D eigenvalue weighted by Crippen LogP contribution is -2.31. The van der Waals surface area contributed by atoms with Gasteiger partial charge in [0.2, 0.25) is 0 Å². The second-order valence-corrected chi connectivity index (χ2v) is 4.32. The van der Waals surface area contributed by atoms with Gasteiger partial charge in [-0.1, -0.05) is 12.1 Å². The van der Waals surface area contributed by atoms with Crippen molar-refractivity contribution in [3.05, 3.63) is 60.2 Å². The SMILES string of the molecule is CN(Cc1ccccn1)C(=O)COc1cccc(F)c1. The molecular weight excluding hydrogens is 259 g/mol. The first-order valence-corrected chi connectivity index (χ1v) is 6.17. The van der Waals surface area contributed by atoms with Crippen LogP contribution in [0.3, 0.4) is 0 Å². The van der Waals surface area contributed by atoms with Crippen LogP contribution in [0.1, 0.15) is 5.69 Å². The molecule has 0 fully saturated rings. The smallest absolute Gasteiger partial charge is 0.260 e. The number of aromatic nitrogens is 1. The standard InChI is InChI=1S/C15H15FN2O2/c1-18(10-13-6-2-3-8-17-13)15(19)11-20-14-7-4-5-12(16)9-14/h2-9H,10-11H2,1H3. The van der Waals surface area contributed by atoms with Crippen LogP contribution in [0.4, 0.5) is 4.39 Å². The third kappa shape index (κ3) is 4.05. The van der Waals surface area contributed by atoms with Crippen molar-refractivity contribution in [2.45, 2.75) is 6.54 Å². The first kappa shape index (κ1) is 14.0. The molecule has 0 saturated carbocycles. The number of nitrogens with zero attached hydrogens (tertiary/aromatic N) is 2. The molecule has 0 aliphatic rings. The zero-order valence-corrected chi connectivity index (χ0v) is 11.1. The normalized spacial score (nSPS) is 10.1. The minimum Gasteiger partial charge on any atom is -0.484 e. The highest BCUT2D eigenvalue weighted by atomic mass is 19.1. The van der Waals surface area contributed by atoms with Gasteiger partial charge < -0.3 is 9.64 Å². The van der Waals surface area contributed by atoms with Gasteiger partial charge in [-0.05, 0) is 24.3 Å². The van der Waals surface area contributed by atoms with Crippen LogP contribution in [0.2, 0.25) is 0 Å². The Bertz CT molecular complexity index is 575. The molecular formula is C15H15FN2O2. The van der Waals surface area contributed by atoms with Crippen LogP contribution < -0.4 is 4.74 Å². The average molecular weight is 274 g/mol. The third-order valence-electron chi connectivity index (χ3n) is 2.71. The second-order valence-electron chi connectivity index (χ2n) is 4.32. The summed E-state index contributed by atoms with van der Waals surface area (Å²) >= 11 is 0. The van der Waals surface area contributed by atoms with E-state index in [1.54, 1.807) is 19.3 Å². The summed E-state index contributed by atoms with van der Waals surface area (Å²) in [6.45, 7) is 0.277. The number of rotatable bonds is 5. The lowest BCUT2D eigenvalue weighted by atomic mass is 10.3. The van der Waals surface area contributed by atoms with Gasteiger partial charge in [0.1, 0.15) is 11.6 Å². The fourth-order valence-electron chi connectivity index (χ4n) is 1.63. The van der Waals surface area contributed by atoms with Crippen molar-refractivity contribution in [1.82, 2.24) is 9.88 Å². The molecule has 1 aromatic heterocycles. The zero-order valence-electron chi connectivity index (χ0n) is 11.1. The van der Waals surface area contributed by atoms with Crippen molar-refractivity contribution in [3.8, 4) is 5.75 Å². The van der Waals surface area contributed by atoms with Crippen LogP contribution in [0.5, 0.6) is 5.75 Å². The molecule has 0 unspecified atom stereocenters. The summed E-state index contributed by atoms with van der Waals surface area (Å²) < 4.78 is 18.2. The number of ether oxygens (including phenoxy) is 1. The van der Waals surface area contributed by atoms with Gasteiger partial charge in [-0.25, -0.2) is 4.39 Å². The molecule has 4 nitrogen and oxygen atoms in total. The Morgan fingerprint density at radius 2 is 2.15 bits per heavy atom. The Hall–Kier alpha value is -2.43. The maximum absolute atomic E-state index is 13.0. The third-order valence-corrected chi connectivity index (χ3v) is 2.71. The average Bonchev–Trinajstić information content (AvgIpc) is 2.46. The highest BCUT2D eigenvalue weighted by Crippen LogP contribution is 2.12. The lowest BCUT2D eigenvalue weighted by Gasteiger charge is -2.17. The van der Waals surface area contributed by atoms with E-state index in [0.29, 0.717) is 12.3 Å². The molecule has 2 rings (SSSR count). The Morgan fingerprint density at radius 1 is 1.30 bits per heavy atom. The molecule has 0 atom stereocenters. The lowest BCUT2D eigenvalue weighted by molar-refractivity contribution is -0.132. The van der Waals surface area contributed by atoms with Crippen molar-refractivity contribution in [3.63, 3.8) is 0 Å². The number of carbonyl (C=O) groups excluding carboxylic acids is 1. The Balaban J connectivity index is 1.85. The number of amides is 1. The van der Waals surface area contributed by atoms with Gasteiger partial charge in [-0.2, -0.15) is 0 Å². The van der Waals surface area contributed by atoms with Crippen LogP contribution in [-0.4, -0.2) is 29.4 Å². The predicted molar refractivity (Wildman–Crippen MR) is 72.6 cm³/mol. The van der Waals surface area contributed by atoms with Crippen LogP contribution in [0.25, 0.3) is 0 Å². The second kappa shape index (κ2) is 6.65. The van der Waals surface area contributed by atoms with Crippen LogP contribution in [-0.2, 0) is 11.3 Å². The van der Waals surface area contributed by atoms with Gasteiger partial charge in [0.25, 0.3) is 5.91 Å². The summed E-state index contributed by atoms with van der Waals surface area (Å²) in [4.78, 5) is 17.5. The summed E-state index contributed by atoms with van der Waals surface area (Å²) in [5.74, 6) is -0.249. The highest BCUT2D eigenvalue weighted by molar-refractivity contribution is 5.77. The van der Waals surface area contributed by atoms with E-state index in [-0.39, 0.29) is 12.5 Å². The molecule has 0 aliphatic heterocycles. The van der Waals surface area contributed by atoms with Crippen LogP contribution >= 0.6 is 0 Å². The minimum absolute atomic E-state index is 0.132. The van der Waals surface area contributed by atoms with Gasteiger partial charge in [0, 0.05) is 19.3 Å². The topological polar surface area (TPSA) is 42.4 Å². The van der Waals surface area contributed by atoms with E-state index in [4.69, 9.17) is 4.74 Å². The molecule has 1 amide bonds. The zero-order chi connectivity index (χ0) is 14.4. The fraction of sp³-hybridized carbons (Fsp3) is 0.200. The quantitative estimate of drug-likeness (QED) is 0.840. The number of likely N-dealkylation sites (N-methyl/N-ethyl adjacent to an activating group) is 1. The number of carbonyl (C=O) groups is 1. The highest BCUT2D eigenvalue weighted by Gasteiger charge is 2.10. The molecule has 0 radical (unpaired) electrons. The van der Waals surface area contributed by atoms with E-state index in [1.165, 1.54) is 23.1 Å². The fourth-order valence-corrected chi connectivity index (χ4v) is 1.63. The van der Waals surface area contributed by atoms with Gasteiger partial charge in [0.05, 0.1) is 12.2 Å². The Morgan fingerprint density at radius 3 is 2.85 bits per heavy atom. The first-order chi connectivity index (χ1) is 9.65. The van der Waals surface area contributed by atoms with E-state index < -0.39 is 5.82 Å². The van der Waals surface area contributed by atoms with Crippen LogP contribution in [0, 0.1) is 5.82 Å². The summed E-state index contributed by atoms with van der Waals surface area (Å²) in [7, 11) is 1.67. The molecule has 0 aliphatic carbocycles. The van der Waals surface area contributed by atoms with Crippen molar-refractivity contribution in [2.75, 3.05) is 13.7 Å². The predicted octanol–water partition coefficient (Wildman–Crippen LogP) is 2.26. The minimum atomic E-state index is -0.392. The summed E-state index contributed by atoms with van der Waals surface area (Å²) in [5.41, 5.74) is 0.800. The van der Waals surface area contributed by atoms with Crippen molar-refractivity contribution in [1.29, 1.82) is 0 Å². The molecule has 104 valence electrons. The van der Waals surface area contributed by atoms with Gasteiger partial charge >= 0.3 is 0 Å².